The number of carbonyl (C=O) groups is 1. The molecule has 19 heavy (non-hydrogen) atoms. The van der Waals surface area contributed by atoms with Gasteiger partial charge in [0.15, 0.2) is 0 Å². The minimum atomic E-state index is 0.175. The van der Waals surface area contributed by atoms with Gasteiger partial charge in [-0.05, 0) is 23.3 Å². The average Bonchev–Trinajstić information content (AvgIpc) is 3.07. The molecule has 2 heterocycles. The summed E-state index contributed by atoms with van der Waals surface area (Å²) in [7, 11) is 0. The SMILES string of the molecule is CCCOCC1CCN(C(=O)CCn2cnnn2)C1. The van der Waals surface area contributed by atoms with Gasteiger partial charge in [0, 0.05) is 32.0 Å². The van der Waals surface area contributed by atoms with Crippen LogP contribution in [0.4, 0.5) is 0 Å². The molecule has 0 N–H and O–H groups in total. The average molecular weight is 267 g/mol. The molecule has 2 rings (SSSR count). The van der Waals surface area contributed by atoms with Gasteiger partial charge in [0.05, 0.1) is 13.2 Å². The largest absolute Gasteiger partial charge is 0.381 e. The maximum absolute atomic E-state index is 12.0. The fraction of sp³-hybridized carbons (Fsp3) is 0.833. The molecule has 1 aromatic rings. The van der Waals surface area contributed by atoms with E-state index in [0.717, 1.165) is 39.1 Å². The van der Waals surface area contributed by atoms with Crippen LogP contribution in [0.25, 0.3) is 0 Å². The zero-order valence-electron chi connectivity index (χ0n) is 11.4. The van der Waals surface area contributed by atoms with Gasteiger partial charge in [0.1, 0.15) is 6.33 Å². The molecule has 1 aromatic heterocycles. The predicted octanol–water partition coefficient (Wildman–Crippen LogP) is 0.338. The quantitative estimate of drug-likeness (QED) is 0.666. The van der Waals surface area contributed by atoms with Crippen molar-refractivity contribution in [3.05, 3.63) is 6.33 Å². The zero-order valence-corrected chi connectivity index (χ0v) is 11.4. The number of tetrazole rings is 1. The van der Waals surface area contributed by atoms with Crippen molar-refractivity contribution in [1.82, 2.24) is 25.1 Å². The maximum atomic E-state index is 12.0. The molecule has 0 saturated carbocycles. The number of amides is 1. The van der Waals surface area contributed by atoms with Gasteiger partial charge in [0.2, 0.25) is 5.91 Å². The Morgan fingerprint density at radius 3 is 3.16 bits per heavy atom. The summed E-state index contributed by atoms with van der Waals surface area (Å²) in [5.74, 6) is 0.664. The van der Waals surface area contributed by atoms with E-state index in [1.807, 2.05) is 4.90 Å². The lowest BCUT2D eigenvalue weighted by atomic mass is 10.1. The monoisotopic (exact) mass is 267 g/mol. The van der Waals surface area contributed by atoms with E-state index in [1.165, 1.54) is 6.33 Å². The highest BCUT2D eigenvalue weighted by molar-refractivity contribution is 5.76. The molecule has 1 amide bonds. The van der Waals surface area contributed by atoms with Gasteiger partial charge in [0.25, 0.3) is 0 Å². The molecule has 1 atom stereocenters. The van der Waals surface area contributed by atoms with Crippen molar-refractivity contribution >= 4 is 5.91 Å². The fourth-order valence-electron chi connectivity index (χ4n) is 2.24. The van der Waals surface area contributed by atoms with Gasteiger partial charge in [-0.15, -0.1) is 5.10 Å². The van der Waals surface area contributed by atoms with Crippen LogP contribution in [-0.4, -0.2) is 57.3 Å². The molecule has 7 heteroatoms. The molecule has 1 aliphatic rings. The summed E-state index contributed by atoms with van der Waals surface area (Å²) in [6.45, 7) is 5.88. The van der Waals surface area contributed by atoms with Gasteiger partial charge >= 0.3 is 0 Å². The Bertz CT molecular complexity index is 381. The van der Waals surface area contributed by atoms with Crippen molar-refractivity contribution in [3.63, 3.8) is 0 Å². The Labute approximate surface area is 112 Å². The van der Waals surface area contributed by atoms with Crippen molar-refractivity contribution in [2.45, 2.75) is 32.7 Å². The highest BCUT2D eigenvalue weighted by Crippen LogP contribution is 2.17. The van der Waals surface area contributed by atoms with Crippen molar-refractivity contribution < 1.29 is 9.53 Å². The Morgan fingerprint density at radius 2 is 2.42 bits per heavy atom. The summed E-state index contributed by atoms with van der Waals surface area (Å²) < 4.78 is 7.12. The Kier molecular flexibility index (Phi) is 5.26. The normalized spacial score (nSPS) is 19.0. The van der Waals surface area contributed by atoms with Crippen molar-refractivity contribution in [2.75, 3.05) is 26.3 Å². The van der Waals surface area contributed by atoms with E-state index >= 15 is 0 Å². The predicted molar refractivity (Wildman–Crippen MR) is 68.2 cm³/mol. The second-order valence-electron chi connectivity index (χ2n) is 4.89. The number of nitrogens with zero attached hydrogens (tertiary/aromatic N) is 5. The molecule has 0 aliphatic carbocycles. The Hall–Kier alpha value is -1.50. The summed E-state index contributed by atoms with van der Waals surface area (Å²) in [4.78, 5) is 13.9. The molecule has 0 spiro atoms. The smallest absolute Gasteiger partial charge is 0.224 e. The maximum Gasteiger partial charge on any atom is 0.224 e. The van der Waals surface area contributed by atoms with Gasteiger partial charge in [-0.25, -0.2) is 4.68 Å². The number of hydrogen-bond acceptors (Lipinski definition) is 5. The molecular formula is C12H21N5O2. The van der Waals surface area contributed by atoms with Gasteiger partial charge < -0.3 is 9.64 Å². The molecule has 1 unspecified atom stereocenters. The molecule has 1 saturated heterocycles. The third-order valence-corrected chi connectivity index (χ3v) is 3.29. The van der Waals surface area contributed by atoms with Gasteiger partial charge in [-0.1, -0.05) is 6.92 Å². The lowest BCUT2D eigenvalue weighted by molar-refractivity contribution is -0.130. The molecule has 1 fully saturated rings. The zero-order chi connectivity index (χ0) is 13.5. The first-order chi connectivity index (χ1) is 9.29. The van der Waals surface area contributed by atoms with Crippen LogP contribution in [0.15, 0.2) is 6.33 Å². The number of aromatic nitrogens is 4. The van der Waals surface area contributed by atoms with Crippen molar-refractivity contribution in [2.24, 2.45) is 5.92 Å². The summed E-state index contributed by atoms with van der Waals surface area (Å²) in [5.41, 5.74) is 0. The summed E-state index contributed by atoms with van der Waals surface area (Å²) in [5, 5.41) is 10.8. The first-order valence-electron chi connectivity index (χ1n) is 6.86. The van der Waals surface area contributed by atoms with Crippen LogP contribution in [0, 0.1) is 5.92 Å². The van der Waals surface area contributed by atoms with Crippen LogP contribution >= 0.6 is 0 Å². The van der Waals surface area contributed by atoms with Gasteiger partial charge in [-0.2, -0.15) is 0 Å². The first kappa shape index (κ1) is 13.9. The summed E-state index contributed by atoms with van der Waals surface area (Å²) in [6, 6.07) is 0. The fourth-order valence-corrected chi connectivity index (χ4v) is 2.24. The third kappa shape index (κ3) is 4.27. The molecular weight excluding hydrogens is 246 g/mol. The van der Waals surface area contributed by atoms with Gasteiger partial charge in [-0.3, -0.25) is 4.79 Å². The van der Waals surface area contributed by atoms with Crippen LogP contribution in [0.3, 0.4) is 0 Å². The number of likely N-dealkylation sites (tertiary alicyclic amines) is 1. The standard InChI is InChI=1S/C12H21N5O2/c1-2-7-19-9-11-3-5-16(8-11)12(18)4-6-17-10-13-14-15-17/h10-11H,2-9H2,1H3. The molecule has 0 bridgehead atoms. The molecule has 1 aliphatic heterocycles. The van der Waals surface area contributed by atoms with Crippen molar-refractivity contribution in [1.29, 1.82) is 0 Å². The van der Waals surface area contributed by atoms with E-state index < -0.39 is 0 Å². The first-order valence-corrected chi connectivity index (χ1v) is 6.86. The number of carbonyl (C=O) groups excluding carboxylic acids is 1. The second-order valence-corrected chi connectivity index (χ2v) is 4.89. The molecule has 7 nitrogen and oxygen atoms in total. The van der Waals surface area contributed by atoms with Crippen LogP contribution in [0.1, 0.15) is 26.2 Å². The molecule has 0 radical (unpaired) electrons. The highest BCUT2D eigenvalue weighted by atomic mass is 16.5. The minimum Gasteiger partial charge on any atom is -0.381 e. The Morgan fingerprint density at radius 1 is 1.53 bits per heavy atom. The molecule has 0 aromatic carbocycles. The number of ether oxygens (including phenoxy) is 1. The van der Waals surface area contributed by atoms with E-state index in [9.17, 15) is 4.79 Å². The second kappa shape index (κ2) is 7.18. The summed E-state index contributed by atoms with van der Waals surface area (Å²) >= 11 is 0. The lowest BCUT2D eigenvalue weighted by Gasteiger charge is -2.16. The van der Waals surface area contributed by atoms with E-state index in [2.05, 4.69) is 22.4 Å². The molecule has 106 valence electrons. The Balaban J connectivity index is 1.66. The van der Waals surface area contributed by atoms with E-state index in [-0.39, 0.29) is 5.91 Å². The number of hydrogen-bond donors (Lipinski definition) is 0. The van der Waals surface area contributed by atoms with E-state index in [0.29, 0.717) is 18.9 Å². The van der Waals surface area contributed by atoms with Crippen LogP contribution in [0.5, 0.6) is 0 Å². The minimum absolute atomic E-state index is 0.175. The van der Waals surface area contributed by atoms with Crippen LogP contribution in [-0.2, 0) is 16.1 Å². The van der Waals surface area contributed by atoms with E-state index in [1.54, 1.807) is 4.68 Å². The number of aryl methyl sites for hydroxylation is 1. The van der Waals surface area contributed by atoms with Crippen molar-refractivity contribution in [3.8, 4) is 0 Å². The van der Waals surface area contributed by atoms with Crippen LogP contribution in [0.2, 0.25) is 0 Å². The summed E-state index contributed by atoms with van der Waals surface area (Å²) in [6.07, 6.45) is 4.06. The highest BCUT2D eigenvalue weighted by Gasteiger charge is 2.25. The number of rotatable bonds is 7. The third-order valence-electron chi connectivity index (χ3n) is 3.29. The lowest BCUT2D eigenvalue weighted by Crippen LogP contribution is -2.30. The topological polar surface area (TPSA) is 73.1 Å². The van der Waals surface area contributed by atoms with Crippen LogP contribution < -0.4 is 0 Å². The van der Waals surface area contributed by atoms with E-state index in [4.69, 9.17) is 4.74 Å².